The van der Waals surface area contributed by atoms with Crippen molar-refractivity contribution in [1.29, 1.82) is 0 Å². The van der Waals surface area contributed by atoms with Gasteiger partial charge < -0.3 is 4.90 Å². The van der Waals surface area contributed by atoms with Crippen LogP contribution in [0.2, 0.25) is 0 Å². The summed E-state index contributed by atoms with van der Waals surface area (Å²) in [5.74, 6) is -0.190. The number of nitrogens with one attached hydrogen (secondary N) is 1. The highest BCUT2D eigenvalue weighted by Gasteiger charge is 2.23. The lowest BCUT2D eigenvalue weighted by molar-refractivity contribution is -0.115. The summed E-state index contributed by atoms with van der Waals surface area (Å²) in [6.07, 6.45) is 0.671. The number of sulfonamides is 1. The Morgan fingerprint density at radius 2 is 2.22 bits per heavy atom. The maximum atomic E-state index is 12.1. The molecule has 122 valence electrons. The predicted molar refractivity (Wildman–Crippen MR) is 87.0 cm³/mol. The Hall–Kier alpha value is -2.04. The molecule has 2 aromatic rings. The SMILES string of the molecule is Cc1nnc(NC(=O)CN2CCc3cc(S(N)(=O)=O)ccc32)s1. The Balaban J connectivity index is 1.71. The van der Waals surface area contributed by atoms with Crippen LogP contribution in [-0.4, -0.2) is 37.6 Å². The zero-order valence-corrected chi connectivity index (χ0v) is 13.9. The maximum Gasteiger partial charge on any atom is 0.245 e. The molecule has 8 nitrogen and oxygen atoms in total. The molecule has 1 aliphatic heterocycles. The standard InChI is InChI=1S/C13H15N5O3S2/c1-8-16-17-13(22-8)15-12(19)7-18-5-4-9-6-10(23(14,20)21)2-3-11(9)18/h2-3,6H,4-5,7H2,1H3,(H2,14,20,21)(H,15,17,19). The average Bonchev–Trinajstić information content (AvgIpc) is 3.04. The Morgan fingerprint density at radius 3 is 2.87 bits per heavy atom. The molecule has 0 atom stereocenters. The first-order chi connectivity index (χ1) is 10.8. The maximum absolute atomic E-state index is 12.1. The van der Waals surface area contributed by atoms with Crippen LogP contribution in [0.3, 0.4) is 0 Å². The van der Waals surface area contributed by atoms with Gasteiger partial charge in [-0.25, -0.2) is 13.6 Å². The number of carbonyl (C=O) groups is 1. The molecule has 3 N–H and O–H groups in total. The second-order valence-electron chi connectivity index (χ2n) is 5.18. The van der Waals surface area contributed by atoms with Crippen LogP contribution >= 0.6 is 11.3 Å². The number of primary sulfonamides is 1. The van der Waals surface area contributed by atoms with Crippen LogP contribution in [0.4, 0.5) is 10.8 Å². The summed E-state index contributed by atoms with van der Waals surface area (Å²) in [4.78, 5) is 14.1. The Morgan fingerprint density at radius 1 is 1.43 bits per heavy atom. The van der Waals surface area contributed by atoms with Crippen molar-refractivity contribution in [2.24, 2.45) is 5.14 Å². The number of benzene rings is 1. The van der Waals surface area contributed by atoms with Crippen LogP contribution in [0.15, 0.2) is 23.1 Å². The first kappa shape index (κ1) is 15.8. The number of nitrogens with zero attached hydrogens (tertiary/aromatic N) is 3. The minimum absolute atomic E-state index is 0.0897. The summed E-state index contributed by atoms with van der Waals surface area (Å²) in [6.45, 7) is 2.62. The number of rotatable bonds is 4. The Labute approximate surface area is 137 Å². The van der Waals surface area contributed by atoms with Crippen LogP contribution in [0.25, 0.3) is 0 Å². The van der Waals surface area contributed by atoms with E-state index in [1.807, 2.05) is 11.8 Å². The molecule has 0 saturated carbocycles. The number of fused-ring (bicyclic) bond motifs is 1. The molecule has 1 amide bonds. The van der Waals surface area contributed by atoms with E-state index in [1.165, 1.54) is 17.4 Å². The van der Waals surface area contributed by atoms with Crippen molar-refractivity contribution in [3.63, 3.8) is 0 Å². The lowest BCUT2D eigenvalue weighted by atomic mass is 10.2. The fraction of sp³-hybridized carbons (Fsp3) is 0.308. The molecule has 0 spiro atoms. The Bertz CT molecular complexity index is 862. The van der Waals surface area contributed by atoms with Gasteiger partial charge >= 0.3 is 0 Å². The first-order valence-corrected chi connectivity index (χ1v) is 9.20. The van der Waals surface area contributed by atoms with E-state index in [4.69, 9.17) is 5.14 Å². The van der Waals surface area contributed by atoms with E-state index in [2.05, 4.69) is 15.5 Å². The lowest BCUT2D eigenvalue weighted by Crippen LogP contribution is -2.31. The van der Waals surface area contributed by atoms with E-state index in [-0.39, 0.29) is 17.3 Å². The fourth-order valence-electron chi connectivity index (χ4n) is 2.47. The quantitative estimate of drug-likeness (QED) is 0.826. The van der Waals surface area contributed by atoms with Crippen molar-refractivity contribution in [2.75, 3.05) is 23.3 Å². The molecule has 2 heterocycles. The van der Waals surface area contributed by atoms with Crippen molar-refractivity contribution < 1.29 is 13.2 Å². The molecule has 1 aromatic heterocycles. The van der Waals surface area contributed by atoms with E-state index in [0.29, 0.717) is 18.1 Å². The minimum Gasteiger partial charge on any atom is -0.362 e. The van der Waals surface area contributed by atoms with Gasteiger partial charge in [-0.15, -0.1) is 10.2 Å². The minimum atomic E-state index is -3.71. The molecule has 23 heavy (non-hydrogen) atoms. The highest BCUT2D eigenvalue weighted by atomic mass is 32.2. The summed E-state index contributed by atoms with van der Waals surface area (Å²) in [7, 11) is -3.71. The van der Waals surface area contributed by atoms with Gasteiger partial charge in [-0.2, -0.15) is 0 Å². The zero-order valence-electron chi connectivity index (χ0n) is 12.3. The summed E-state index contributed by atoms with van der Waals surface area (Å²) >= 11 is 1.31. The van der Waals surface area contributed by atoms with Crippen molar-refractivity contribution in [1.82, 2.24) is 10.2 Å². The van der Waals surface area contributed by atoms with Gasteiger partial charge in [0, 0.05) is 12.2 Å². The number of hydrogen-bond acceptors (Lipinski definition) is 7. The van der Waals surface area contributed by atoms with E-state index < -0.39 is 10.0 Å². The lowest BCUT2D eigenvalue weighted by Gasteiger charge is -2.18. The first-order valence-electron chi connectivity index (χ1n) is 6.83. The molecule has 1 aliphatic rings. The average molecular weight is 353 g/mol. The monoisotopic (exact) mass is 353 g/mol. The summed E-state index contributed by atoms with van der Waals surface area (Å²) in [5, 5.41) is 16.8. The van der Waals surface area contributed by atoms with E-state index in [9.17, 15) is 13.2 Å². The van der Waals surface area contributed by atoms with Crippen molar-refractivity contribution >= 4 is 38.1 Å². The summed E-state index contributed by atoms with van der Waals surface area (Å²) in [6, 6.07) is 4.71. The summed E-state index contributed by atoms with van der Waals surface area (Å²) in [5.41, 5.74) is 1.72. The molecule has 10 heteroatoms. The van der Waals surface area contributed by atoms with E-state index in [1.54, 1.807) is 12.1 Å². The number of anilines is 2. The third kappa shape index (κ3) is 3.49. The highest BCUT2D eigenvalue weighted by molar-refractivity contribution is 7.89. The molecule has 0 saturated heterocycles. The van der Waals surface area contributed by atoms with Gasteiger partial charge in [0.05, 0.1) is 11.4 Å². The molecule has 3 rings (SSSR count). The van der Waals surface area contributed by atoms with E-state index in [0.717, 1.165) is 16.3 Å². The smallest absolute Gasteiger partial charge is 0.245 e. The summed E-state index contributed by atoms with van der Waals surface area (Å²) < 4.78 is 22.8. The van der Waals surface area contributed by atoms with Crippen molar-refractivity contribution in [3.8, 4) is 0 Å². The van der Waals surface area contributed by atoms with Gasteiger partial charge in [-0.3, -0.25) is 10.1 Å². The van der Waals surface area contributed by atoms with Crippen LogP contribution in [0.5, 0.6) is 0 Å². The molecule has 0 fully saturated rings. The third-order valence-corrected chi connectivity index (χ3v) is 5.14. The van der Waals surface area contributed by atoms with Crippen LogP contribution in [0.1, 0.15) is 10.6 Å². The molecule has 0 bridgehead atoms. The Kier molecular flexibility index (Phi) is 4.04. The number of carbonyl (C=O) groups excluding carboxylic acids is 1. The molecular formula is C13H15N5O3S2. The predicted octanol–water partition coefficient (Wildman–Crippen LogP) is 0.495. The zero-order chi connectivity index (χ0) is 16.6. The molecule has 1 aromatic carbocycles. The second kappa shape index (κ2) is 5.87. The van der Waals surface area contributed by atoms with Crippen LogP contribution in [-0.2, 0) is 21.2 Å². The number of aryl methyl sites for hydroxylation is 1. The molecule has 0 unspecified atom stereocenters. The normalized spacial score (nSPS) is 13.9. The molecular weight excluding hydrogens is 338 g/mol. The van der Waals surface area contributed by atoms with Gasteiger partial charge in [0.2, 0.25) is 21.1 Å². The molecule has 0 radical (unpaired) electrons. The number of amides is 1. The van der Waals surface area contributed by atoms with Gasteiger partial charge in [0.25, 0.3) is 0 Å². The topological polar surface area (TPSA) is 118 Å². The second-order valence-corrected chi connectivity index (χ2v) is 7.92. The van der Waals surface area contributed by atoms with Crippen LogP contribution in [0, 0.1) is 6.92 Å². The fourth-order valence-corrected chi connectivity index (χ4v) is 3.64. The van der Waals surface area contributed by atoms with Gasteiger partial charge in [0.1, 0.15) is 5.01 Å². The third-order valence-electron chi connectivity index (χ3n) is 3.48. The highest BCUT2D eigenvalue weighted by Crippen LogP contribution is 2.29. The van der Waals surface area contributed by atoms with Gasteiger partial charge in [-0.05, 0) is 37.1 Å². The number of nitrogens with two attached hydrogens (primary N) is 1. The van der Waals surface area contributed by atoms with Crippen molar-refractivity contribution in [3.05, 3.63) is 28.8 Å². The van der Waals surface area contributed by atoms with Gasteiger partial charge in [0.15, 0.2) is 0 Å². The van der Waals surface area contributed by atoms with E-state index >= 15 is 0 Å². The number of aromatic nitrogens is 2. The number of hydrogen-bond donors (Lipinski definition) is 2. The largest absolute Gasteiger partial charge is 0.362 e. The molecule has 0 aliphatic carbocycles. The van der Waals surface area contributed by atoms with Crippen LogP contribution < -0.4 is 15.4 Å². The van der Waals surface area contributed by atoms with Gasteiger partial charge in [-0.1, -0.05) is 11.3 Å². The van der Waals surface area contributed by atoms with Crippen molar-refractivity contribution in [2.45, 2.75) is 18.2 Å².